The van der Waals surface area contributed by atoms with Crippen LogP contribution in [0.4, 0.5) is 13.2 Å². The van der Waals surface area contributed by atoms with Gasteiger partial charge in [0.05, 0.1) is 24.6 Å². The molecule has 0 atom stereocenters. The fourth-order valence-corrected chi connectivity index (χ4v) is 2.32. The number of imidazole rings is 1. The molecule has 0 spiro atoms. The Balaban J connectivity index is 1.99. The van der Waals surface area contributed by atoms with E-state index in [0.717, 1.165) is 11.6 Å². The van der Waals surface area contributed by atoms with Crippen LogP contribution in [0.25, 0.3) is 22.6 Å². The minimum absolute atomic E-state index is 0.0762. The lowest BCUT2D eigenvalue weighted by Gasteiger charge is -2.11. The van der Waals surface area contributed by atoms with Crippen LogP contribution in [0.15, 0.2) is 54.7 Å². The third-order valence-corrected chi connectivity index (χ3v) is 3.46. The van der Waals surface area contributed by atoms with E-state index in [-0.39, 0.29) is 5.56 Å². The minimum Gasteiger partial charge on any atom is -0.497 e. The molecule has 0 unspecified atom stereocenters. The summed E-state index contributed by atoms with van der Waals surface area (Å²) in [6, 6.07) is 12.5. The highest BCUT2D eigenvalue weighted by Crippen LogP contribution is 2.36. The third-order valence-electron chi connectivity index (χ3n) is 3.46. The van der Waals surface area contributed by atoms with Gasteiger partial charge in [-0.3, -0.25) is 0 Å². The third kappa shape index (κ3) is 3.06. The molecule has 1 heterocycles. The second-order valence-corrected chi connectivity index (χ2v) is 4.92. The summed E-state index contributed by atoms with van der Waals surface area (Å²) in [5, 5.41) is 0. The van der Waals surface area contributed by atoms with E-state index >= 15 is 0 Å². The number of benzene rings is 2. The van der Waals surface area contributed by atoms with Gasteiger partial charge in [0.25, 0.3) is 0 Å². The largest absolute Gasteiger partial charge is 0.497 e. The van der Waals surface area contributed by atoms with Crippen molar-refractivity contribution in [2.24, 2.45) is 0 Å². The van der Waals surface area contributed by atoms with Gasteiger partial charge in [0.15, 0.2) is 0 Å². The van der Waals surface area contributed by atoms with E-state index in [1.54, 1.807) is 37.4 Å². The predicted molar refractivity (Wildman–Crippen MR) is 81.0 cm³/mol. The summed E-state index contributed by atoms with van der Waals surface area (Å²) >= 11 is 0. The zero-order chi connectivity index (χ0) is 16.4. The van der Waals surface area contributed by atoms with Crippen LogP contribution >= 0.6 is 0 Å². The molecule has 1 N–H and O–H groups in total. The minimum atomic E-state index is -4.41. The summed E-state index contributed by atoms with van der Waals surface area (Å²) in [6.07, 6.45) is -3.01. The maximum absolute atomic E-state index is 13.1. The van der Waals surface area contributed by atoms with Gasteiger partial charge >= 0.3 is 6.18 Å². The van der Waals surface area contributed by atoms with Crippen LogP contribution in [0, 0.1) is 0 Å². The van der Waals surface area contributed by atoms with Gasteiger partial charge in [0.2, 0.25) is 0 Å². The number of rotatable bonds is 3. The number of ether oxygens (including phenoxy) is 1. The van der Waals surface area contributed by atoms with Crippen molar-refractivity contribution in [3.63, 3.8) is 0 Å². The Bertz CT molecular complexity index is 807. The van der Waals surface area contributed by atoms with E-state index in [1.807, 2.05) is 0 Å². The van der Waals surface area contributed by atoms with Crippen molar-refractivity contribution in [3.8, 4) is 28.4 Å². The molecule has 0 aliphatic rings. The van der Waals surface area contributed by atoms with Gasteiger partial charge in [0.1, 0.15) is 11.6 Å². The molecule has 3 aromatic rings. The molecule has 3 nitrogen and oxygen atoms in total. The Morgan fingerprint density at radius 3 is 2.35 bits per heavy atom. The van der Waals surface area contributed by atoms with Gasteiger partial charge in [-0.1, -0.05) is 18.2 Å². The Morgan fingerprint density at radius 2 is 1.70 bits per heavy atom. The van der Waals surface area contributed by atoms with Crippen LogP contribution in [0.3, 0.4) is 0 Å². The van der Waals surface area contributed by atoms with Crippen molar-refractivity contribution in [2.45, 2.75) is 6.18 Å². The maximum atomic E-state index is 13.1. The van der Waals surface area contributed by atoms with E-state index in [1.165, 1.54) is 18.3 Å². The number of aromatic nitrogens is 2. The topological polar surface area (TPSA) is 37.9 Å². The number of methoxy groups -OCH3 is 1. The van der Waals surface area contributed by atoms with Gasteiger partial charge in [0, 0.05) is 11.1 Å². The number of halogens is 3. The molecule has 0 bridgehead atoms. The smallest absolute Gasteiger partial charge is 0.417 e. The number of nitrogens with one attached hydrogen (secondary N) is 1. The molecule has 0 saturated heterocycles. The molecule has 0 saturated carbocycles. The average Bonchev–Trinajstić information content (AvgIpc) is 3.04. The predicted octanol–water partition coefficient (Wildman–Crippen LogP) is 4.77. The molecule has 0 aliphatic heterocycles. The first-order chi connectivity index (χ1) is 11.0. The number of H-pyrrole nitrogens is 1. The number of aromatic amines is 1. The standard InChI is InChI=1S/C17H13F3N2O/c1-23-12-8-6-11(7-9-12)16-21-10-15(22-16)13-4-2-3-5-14(13)17(18,19)20/h2-10H,1H3,(H,21,22). The summed E-state index contributed by atoms with van der Waals surface area (Å²) in [5.41, 5.74) is 0.475. The highest BCUT2D eigenvalue weighted by atomic mass is 19.4. The Morgan fingerprint density at radius 1 is 1.00 bits per heavy atom. The molecular weight excluding hydrogens is 305 g/mol. The lowest BCUT2D eigenvalue weighted by atomic mass is 10.0. The monoisotopic (exact) mass is 318 g/mol. The van der Waals surface area contributed by atoms with Gasteiger partial charge in [-0.05, 0) is 30.3 Å². The Labute approximate surface area is 130 Å². The van der Waals surface area contributed by atoms with Crippen molar-refractivity contribution in [2.75, 3.05) is 7.11 Å². The van der Waals surface area contributed by atoms with Gasteiger partial charge < -0.3 is 9.72 Å². The zero-order valence-electron chi connectivity index (χ0n) is 12.2. The molecular formula is C17H13F3N2O. The first kappa shape index (κ1) is 15.1. The summed E-state index contributed by atoms with van der Waals surface area (Å²) in [7, 11) is 1.56. The number of hydrogen-bond donors (Lipinski definition) is 1. The van der Waals surface area contributed by atoms with Crippen LogP contribution in [-0.2, 0) is 6.18 Å². The van der Waals surface area contributed by atoms with Gasteiger partial charge in [-0.2, -0.15) is 13.2 Å². The summed E-state index contributed by atoms with van der Waals surface area (Å²) in [4.78, 5) is 7.12. The molecule has 0 amide bonds. The van der Waals surface area contributed by atoms with Crippen LogP contribution in [-0.4, -0.2) is 17.1 Å². The van der Waals surface area contributed by atoms with E-state index in [0.29, 0.717) is 17.3 Å². The molecule has 0 aliphatic carbocycles. The van der Waals surface area contributed by atoms with Crippen molar-refractivity contribution in [3.05, 3.63) is 60.3 Å². The highest BCUT2D eigenvalue weighted by molar-refractivity contribution is 5.68. The zero-order valence-corrected chi connectivity index (χ0v) is 12.2. The molecule has 0 radical (unpaired) electrons. The maximum Gasteiger partial charge on any atom is 0.417 e. The van der Waals surface area contributed by atoms with Crippen molar-refractivity contribution >= 4 is 0 Å². The second kappa shape index (κ2) is 5.79. The number of hydrogen-bond acceptors (Lipinski definition) is 2. The molecule has 2 aromatic carbocycles. The van der Waals surface area contributed by atoms with Gasteiger partial charge in [-0.25, -0.2) is 4.98 Å². The highest BCUT2D eigenvalue weighted by Gasteiger charge is 2.33. The van der Waals surface area contributed by atoms with E-state index in [2.05, 4.69) is 9.97 Å². The van der Waals surface area contributed by atoms with Crippen LogP contribution in [0.1, 0.15) is 5.56 Å². The fraction of sp³-hybridized carbons (Fsp3) is 0.118. The molecule has 23 heavy (non-hydrogen) atoms. The van der Waals surface area contributed by atoms with Crippen molar-refractivity contribution in [1.82, 2.24) is 9.97 Å². The second-order valence-electron chi connectivity index (χ2n) is 4.92. The Kier molecular flexibility index (Phi) is 3.82. The van der Waals surface area contributed by atoms with Crippen molar-refractivity contribution in [1.29, 1.82) is 0 Å². The van der Waals surface area contributed by atoms with Crippen LogP contribution < -0.4 is 4.74 Å². The molecule has 3 rings (SSSR count). The van der Waals surface area contributed by atoms with Crippen LogP contribution in [0.5, 0.6) is 5.75 Å². The first-order valence-electron chi connectivity index (χ1n) is 6.85. The number of alkyl halides is 3. The quantitative estimate of drug-likeness (QED) is 0.755. The van der Waals surface area contributed by atoms with E-state index in [4.69, 9.17) is 4.74 Å². The summed E-state index contributed by atoms with van der Waals surface area (Å²) in [5.74, 6) is 1.20. The van der Waals surface area contributed by atoms with E-state index < -0.39 is 11.7 Å². The molecule has 118 valence electrons. The van der Waals surface area contributed by atoms with Crippen LogP contribution in [0.2, 0.25) is 0 Å². The fourth-order valence-electron chi connectivity index (χ4n) is 2.32. The molecule has 1 aromatic heterocycles. The summed E-state index contributed by atoms with van der Waals surface area (Å²) < 4.78 is 44.4. The SMILES string of the molecule is COc1ccc(-c2ncc(-c3ccccc3C(F)(F)F)[nH]2)cc1. The van der Waals surface area contributed by atoms with Crippen molar-refractivity contribution < 1.29 is 17.9 Å². The van der Waals surface area contributed by atoms with Gasteiger partial charge in [-0.15, -0.1) is 0 Å². The Hall–Kier alpha value is -2.76. The van der Waals surface area contributed by atoms with E-state index in [9.17, 15) is 13.2 Å². The molecule has 0 fully saturated rings. The normalized spacial score (nSPS) is 11.5. The lowest BCUT2D eigenvalue weighted by Crippen LogP contribution is -2.06. The summed E-state index contributed by atoms with van der Waals surface area (Å²) in [6.45, 7) is 0. The average molecular weight is 318 g/mol. The first-order valence-corrected chi connectivity index (χ1v) is 6.85. The lowest BCUT2D eigenvalue weighted by molar-refractivity contribution is -0.137. The number of nitrogens with zero attached hydrogens (tertiary/aromatic N) is 1. The molecule has 6 heteroatoms.